The summed E-state index contributed by atoms with van der Waals surface area (Å²) in [5, 5.41) is 5.89. The van der Waals surface area contributed by atoms with E-state index in [9.17, 15) is 0 Å². The number of benzene rings is 2. The van der Waals surface area contributed by atoms with Crippen molar-refractivity contribution in [2.75, 3.05) is 0 Å². The Balaban J connectivity index is 1.97. The molecular formula is C17H16NOPS. The molecule has 1 N–H and O–H groups in total. The largest absolute Gasteiger partial charge is 0.468 e. The van der Waals surface area contributed by atoms with Gasteiger partial charge in [0.05, 0.1) is 19.0 Å². The van der Waals surface area contributed by atoms with Crippen LogP contribution in [0, 0.1) is 0 Å². The Morgan fingerprint density at radius 2 is 1.38 bits per heavy atom. The second-order valence-electron chi connectivity index (χ2n) is 4.69. The highest BCUT2D eigenvalue weighted by Crippen LogP contribution is 2.39. The van der Waals surface area contributed by atoms with Crippen LogP contribution in [0.5, 0.6) is 0 Å². The van der Waals surface area contributed by atoms with Crippen molar-refractivity contribution in [1.82, 2.24) is 5.09 Å². The van der Waals surface area contributed by atoms with Gasteiger partial charge in [-0.25, -0.2) is 0 Å². The lowest BCUT2D eigenvalue weighted by molar-refractivity contribution is 0.506. The molecule has 0 aliphatic carbocycles. The zero-order valence-corrected chi connectivity index (χ0v) is 13.2. The van der Waals surface area contributed by atoms with E-state index in [0.29, 0.717) is 6.54 Å². The minimum Gasteiger partial charge on any atom is -0.468 e. The Morgan fingerprint density at radius 3 is 1.86 bits per heavy atom. The molecule has 1 heterocycles. The zero-order chi connectivity index (χ0) is 14.5. The average Bonchev–Trinajstić information content (AvgIpc) is 3.08. The molecule has 0 amide bonds. The topological polar surface area (TPSA) is 25.2 Å². The second-order valence-corrected chi connectivity index (χ2v) is 8.91. The van der Waals surface area contributed by atoms with Gasteiger partial charge in [0.15, 0.2) is 0 Å². The van der Waals surface area contributed by atoms with Crippen LogP contribution in [0.3, 0.4) is 0 Å². The number of rotatable bonds is 5. The third-order valence-electron chi connectivity index (χ3n) is 3.30. The van der Waals surface area contributed by atoms with Crippen molar-refractivity contribution in [3.8, 4) is 0 Å². The fourth-order valence-electron chi connectivity index (χ4n) is 2.21. The second kappa shape index (κ2) is 6.40. The van der Waals surface area contributed by atoms with E-state index in [0.717, 1.165) is 16.4 Å². The van der Waals surface area contributed by atoms with Gasteiger partial charge in [-0.05, 0) is 12.1 Å². The van der Waals surface area contributed by atoms with Crippen LogP contribution in [-0.4, -0.2) is 0 Å². The molecule has 0 saturated carbocycles. The summed E-state index contributed by atoms with van der Waals surface area (Å²) in [6.45, 7) is 0.633. The van der Waals surface area contributed by atoms with Crippen molar-refractivity contribution in [1.29, 1.82) is 0 Å². The van der Waals surface area contributed by atoms with E-state index in [2.05, 4.69) is 29.4 Å². The molecule has 0 aliphatic heterocycles. The summed E-state index contributed by atoms with van der Waals surface area (Å²) in [4.78, 5) is 0. The molecule has 106 valence electrons. The van der Waals surface area contributed by atoms with E-state index in [1.807, 2.05) is 48.5 Å². The van der Waals surface area contributed by atoms with E-state index < -0.39 is 6.19 Å². The van der Waals surface area contributed by atoms with Crippen LogP contribution in [0.4, 0.5) is 0 Å². The van der Waals surface area contributed by atoms with Gasteiger partial charge in [0.1, 0.15) is 5.76 Å². The fourth-order valence-corrected chi connectivity index (χ4v) is 5.36. The third kappa shape index (κ3) is 3.16. The summed E-state index contributed by atoms with van der Waals surface area (Å²) in [5.74, 6) is 0.899. The van der Waals surface area contributed by atoms with Gasteiger partial charge in [0.2, 0.25) is 0 Å². The highest BCUT2D eigenvalue weighted by atomic mass is 32.4. The first-order valence-corrected chi connectivity index (χ1v) is 9.58. The number of furan rings is 1. The van der Waals surface area contributed by atoms with Gasteiger partial charge in [-0.3, -0.25) is 5.09 Å². The maximum absolute atomic E-state index is 6.07. The molecular weight excluding hydrogens is 297 g/mol. The van der Waals surface area contributed by atoms with Crippen LogP contribution < -0.4 is 15.7 Å². The first-order valence-electron chi connectivity index (χ1n) is 6.78. The normalized spacial score (nSPS) is 11.4. The number of hydrogen-bond donors (Lipinski definition) is 1. The molecule has 0 spiro atoms. The van der Waals surface area contributed by atoms with Crippen molar-refractivity contribution in [3.05, 3.63) is 84.8 Å². The highest BCUT2D eigenvalue weighted by Gasteiger charge is 2.21. The Labute approximate surface area is 129 Å². The van der Waals surface area contributed by atoms with Gasteiger partial charge in [0, 0.05) is 10.6 Å². The summed E-state index contributed by atoms with van der Waals surface area (Å²) in [6.07, 6.45) is -0.356. The molecule has 0 atom stereocenters. The van der Waals surface area contributed by atoms with E-state index in [1.165, 1.54) is 0 Å². The molecule has 0 unspecified atom stereocenters. The summed E-state index contributed by atoms with van der Waals surface area (Å²) in [7, 11) is 0. The third-order valence-corrected chi connectivity index (χ3v) is 7.60. The minimum absolute atomic E-state index is 0.633. The average molecular weight is 313 g/mol. The lowest BCUT2D eigenvalue weighted by atomic mass is 10.4. The van der Waals surface area contributed by atoms with E-state index in [1.54, 1.807) is 6.26 Å². The van der Waals surface area contributed by atoms with Crippen molar-refractivity contribution in [2.45, 2.75) is 6.54 Å². The standard InChI is InChI=1S/C17H16NOPS/c21-20(16-9-3-1-4-10-16,17-11-5-2-6-12-17)18-14-15-8-7-13-19-15/h1-13H,14H2,(H,18,21). The predicted molar refractivity (Wildman–Crippen MR) is 92.0 cm³/mol. The van der Waals surface area contributed by atoms with E-state index in [-0.39, 0.29) is 0 Å². The van der Waals surface area contributed by atoms with Gasteiger partial charge in [-0.1, -0.05) is 72.5 Å². The molecule has 21 heavy (non-hydrogen) atoms. The zero-order valence-electron chi connectivity index (χ0n) is 11.5. The van der Waals surface area contributed by atoms with Gasteiger partial charge >= 0.3 is 0 Å². The molecule has 0 fully saturated rings. The van der Waals surface area contributed by atoms with E-state index >= 15 is 0 Å². The molecule has 2 aromatic carbocycles. The quantitative estimate of drug-likeness (QED) is 0.731. The maximum atomic E-state index is 6.07. The van der Waals surface area contributed by atoms with Gasteiger partial charge < -0.3 is 4.42 Å². The Bertz CT molecular complexity index is 683. The summed E-state index contributed by atoms with van der Waals surface area (Å²) < 4.78 is 5.41. The molecule has 0 aliphatic rings. The van der Waals surface area contributed by atoms with Crippen LogP contribution in [0.15, 0.2) is 83.5 Å². The molecule has 3 aromatic rings. The maximum Gasteiger partial charge on any atom is 0.117 e. The van der Waals surface area contributed by atoms with E-state index in [4.69, 9.17) is 16.2 Å². The fraction of sp³-hybridized carbons (Fsp3) is 0.0588. The summed E-state index contributed by atoms with van der Waals surface area (Å²) >= 11 is 6.07. The van der Waals surface area contributed by atoms with Gasteiger partial charge in [-0.2, -0.15) is 0 Å². The predicted octanol–water partition coefficient (Wildman–Crippen LogP) is 3.41. The Hall–Kier alpha value is -1.67. The lowest BCUT2D eigenvalue weighted by Gasteiger charge is -2.24. The van der Waals surface area contributed by atoms with Crippen LogP contribution >= 0.6 is 6.19 Å². The van der Waals surface area contributed by atoms with Crippen molar-refractivity contribution < 1.29 is 4.42 Å². The van der Waals surface area contributed by atoms with Gasteiger partial charge in [-0.15, -0.1) is 0 Å². The molecule has 0 saturated heterocycles. The monoisotopic (exact) mass is 313 g/mol. The first kappa shape index (κ1) is 14.3. The van der Waals surface area contributed by atoms with Crippen molar-refractivity contribution in [3.63, 3.8) is 0 Å². The molecule has 0 bridgehead atoms. The van der Waals surface area contributed by atoms with Crippen LogP contribution in [-0.2, 0) is 18.4 Å². The van der Waals surface area contributed by atoms with Crippen molar-refractivity contribution in [2.24, 2.45) is 0 Å². The van der Waals surface area contributed by atoms with Crippen LogP contribution in [0.25, 0.3) is 0 Å². The number of hydrogen-bond acceptors (Lipinski definition) is 2. The van der Waals surface area contributed by atoms with Gasteiger partial charge in [0.25, 0.3) is 0 Å². The number of nitrogens with one attached hydrogen (secondary N) is 1. The van der Waals surface area contributed by atoms with Crippen LogP contribution in [0.1, 0.15) is 5.76 Å². The molecule has 2 nitrogen and oxygen atoms in total. The first-order chi connectivity index (χ1) is 10.3. The Kier molecular flexibility index (Phi) is 4.35. The Morgan fingerprint density at radius 1 is 0.810 bits per heavy atom. The lowest BCUT2D eigenvalue weighted by Crippen LogP contribution is -2.26. The summed E-state index contributed by atoms with van der Waals surface area (Å²) in [5.41, 5.74) is 0. The highest BCUT2D eigenvalue weighted by molar-refractivity contribution is 8.20. The van der Waals surface area contributed by atoms with Crippen molar-refractivity contribution >= 4 is 28.6 Å². The van der Waals surface area contributed by atoms with Crippen LogP contribution in [0.2, 0.25) is 0 Å². The molecule has 4 heteroatoms. The molecule has 1 aromatic heterocycles. The molecule has 3 rings (SSSR count). The SMILES string of the molecule is S=P(NCc1ccco1)(c1ccccc1)c1ccccc1. The smallest absolute Gasteiger partial charge is 0.117 e. The summed E-state index contributed by atoms with van der Waals surface area (Å²) in [6, 6.07) is 24.4. The molecule has 0 radical (unpaired) electrons. The minimum atomic E-state index is -2.04.